The molecule has 4 aliphatic carbocycles. The lowest BCUT2D eigenvalue weighted by molar-refractivity contribution is -0.240. The second kappa shape index (κ2) is 8.88. The lowest BCUT2D eigenvalue weighted by Crippen LogP contribution is -2.66. The Morgan fingerprint density at radius 1 is 0.971 bits per heavy atom. The fourth-order valence-corrected chi connectivity index (χ4v) is 10.1. The van der Waals surface area contributed by atoms with E-state index >= 15 is 0 Å². The third-order valence-electron chi connectivity index (χ3n) is 11.8. The number of carboxylic acid groups (broad SMARTS) is 1. The molecule has 0 bridgehead atoms. The highest BCUT2D eigenvalue weighted by Crippen LogP contribution is 2.74. The molecule has 194 valence electrons. The van der Waals surface area contributed by atoms with Gasteiger partial charge in [-0.05, 0) is 105 Å². The second-order valence-electron chi connectivity index (χ2n) is 13.5. The number of carboxylic acids is 1. The maximum absolute atomic E-state index is 12.4. The maximum atomic E-state index is 12.4. The molecule has 4 rings (SSSR count). The minimum absolute atomic E-state index is 0.00157. The predicted molar refractivity (Wildman–Crippen MR) is 133 cm³/mol. The summed E-state index contributed by atoms with van der Waals surface area (Å²) < 4.78 is 0. The molecule has 5 heteroatoms. The molecule has 4 aliphatic rings. The number of aliphatic hydroxyl groups excluding tert-OH is 3. The quantitative estimate of drug-likeness (QED) is 0.417. The zero-order chi connectivity index (χ0) is 25.2. The van der Waals surface area contributed by atoms with Gasteiger partial charge in [0.05, 0.1) is 24.2 Å². The average Bonchev–Trinajstić information content (AvgIpc) is 2.99. The fourth-order valence-electron chi connectivity index (χ4n) is 10.1. The Balaban J connectivity index is 1.69. The Kier molecular flexibility index (Phi) is 6.84. The number of hydrogen-bond donors (Lipinski definition) is 4. The monoisotopic (exact) mass is 476 g/mol. The van der Waals surface area contributed by atoms with Gasteiger partial charge in [-0.3, -0.25) is 4.79 Å². The number of allylic oxidation sites excluding steroid dienone is 2. The summed E-state index contributed by atoms with van der Waals surface area (Å²) in [6.45, 7) is 13.2. The maximum Gasteiger partial charge on any atom is 0.306 e. The molecule has 5 nitrogen and oxygen atoms in total. The third kappa shape index (κ3) is 3.71. The van der Waals surface area contributed by atoms with Crippen molar-refractivity contribution in [1.29, 1.82) is 0 Å². The molecule has 34 heavy (non-hydrogen) atoms. The SMILES string of the molecule is CC(C)=CCCC(C(=O)O)C1C(O)CC2(C)C1CC(O)C1C3(C)CCC(O)C(C)C3CCC12C. The van der Waals surface area contributed by atoms with Crippen molar-refractivity contribution in [2.24, 2.45) is 51.8 Å². The Morgan fingerprint density at radius 2 is 1.65 bits per heavy atom. The van der Waals surface area contributed by atoms with Gasteiger partial charge in [0, 0.05) is 5.92 Å². The molecular formula is C29H48O5. The molecule has 12 atom stereocenters. The Bertz CT molecular complexity index is 819. The van der Waals surface area contributed by atoms with Crippen LogP contribution in [0, 0.1) is 51.8 Å². The molecule has 0 aliphatic heterocycles. The average molecular weight is 477 g/mol. The van der Waals surface area contributed by atoms with Crippen LogP contribution in [0.15, 0.2) is 11.6 Å². The van der Waals surface area contributed by atoms with E-state index in [1.807, 2.05) is 13.8 Å². The molecule has 0 aromatic rings. The van der Waals surface area contributed by atoms with Crippen molar-refractivity contribution in [3.8, 4) is 0 Å². The highest BCUT2D eigenvalue weighted by Gasteiger charge is 2.71. The van der Waals surface area contributed by atoms with Gasteiger partial charge in [0.2, 0.25) is 0 Å². The topological polar surface area (TPSA) is 98.0 Å². The molecule has 4 fully saturated rings. The first kappa shape index (κ1) is 26.2. The van der Waals surface area contributed by atoms with Crippen molar-refractivity contribution in [2.75, 3.05) is 0 Å². The third-order valence-corrected chi connectivity index (χ3v) is 11.8. The first-order chi connectivity index (χ1) is 15.8. The minimum atomic E-state index is -0.817. The van der Waals surface area contributed by atoms with Crippen molar-refractivity contribution >= 4 is 5.97 Å². The van der Waals surface area contributed by atoms with Crippen LogP contribution in [-0.4, -0.2) is 44.7 Å². The summed E-state index contributed by atoms with van der Waals surface area (Å²) in [5, 5.41) is 43.9. The van der Waals surface area contributed by atoms with Crippen LogP contribution in [0.3, 0.4) is 0 Å². The minimum Gasteiger partial charge on any atom is -0.481 e. The van der Waals surface area contributed by atoms with Crippen molar-refractivity contribution < 1.29 is 25.2 Å². The van der Waals surface area contributed by atoms with Crippen LogP contribution in [0.2, 0.25) is 0 Å². The highest BCUT2D eigenvalue weighted by atomic mass is 16.4. The second-order valence-corrected chi connectivity index (χ2v) is 13.5. The van der Waals surface area contributed by atoms with Gasteiger partial charge < -0.3 is 20.4 Å². The van der Waals surface area contributed by atoms with Crippen LogP contribution in [0.4, 0.5) is 0 Å². The molecule has 0 saturated heterocycles. The largest absolute Gasteiger partial charge is 0.481 e. The normalized spacial score (nSPS) is 51.1. The summed E-state index contributed by atoms with van der Waals surface area (Å²) in [6.07, 6.45) is 6.80. The number of aliphatic carboxylic acids is 1. The number of aliphatic hydroxyl groups is 3. The van der Waals surface area contributed by atoms with Crippen LogP contribution >= 0.6 is 0 Å². The first-order valence-corrected chi connectivity index (χ1v) is 13.7. The number of hydrogen-bond acceptors (Lipinski definition) is 4. The van der Waals surface area contributed by atoms with E-state index in [9.17, 15) is 25.2 Å². The van der Waals surface area contributed by atoms with Gasteiger partial charge in [0.1, 0.15) is 0 Å². The number of carbonyl (C=O) groups is 1. The Hall–Kier alpha value is -0.910. The van der Waals surface area contributed by atoms with Gasteiger partial charge in [-0.25, -0.2) is 0 Å². The summed E-state index contributed by atoms with van der Waals surface area (Å²) in [6, 6.07) is 0. The van der Waals surface area contributed by atoms with E-state index in [0.717, 1.165) is 25.7 Å². The standard InChI is InChI=1S/C29H48O5/c1-16(2)8-7-9-18(26(33)34)24-20-14-22(31)25-27(4)12-11-21(30)17(3)19(27)10-13-28(25,5)29(20,6)15-23(24)32/h8,17-25,30-32H,7,9-15H2,1-6H3,(H,33,34). The summed E-state index contributed by atoms with van der Waals surface area (Å²) in [5.74, 6) is -1.01. The zero-order valence-electron chi connectivity index (χ0n) is 22.1. The molecule has 0 aromatic carbocycles. The van der Waals surface area contributed by atoms with E-state index in [4.69, 9.17) is 0 Å². The lowest BCUT2D eigenvalue weighted by atomic mass is 9.36. The fraction of sp³-hybridized carbons (Fsp3) is 0.897. The van der Waals surface area contributed by atoms with E-state index < -0.39 is 24.1 Å². The van der Waals surface area contributed by atoms with Crippen LogP contribution in [0.1, 0.15) is 92.9 Å². The summed E-state index contributed by atoms with van der Waals surface area (Å²) in [4.78, 5) is 12.4. The molecule has 0 spiro atoms. The van der Waals surface area contributed by atoms with Crippen molar-refractivity contribution in [3.63, 3.8) is 0 Å². The molecule has 4 N–H and O–H groups in total. The lowest BCUT2D eigenvalue weighted by Gasteiger charge is -2.69. The van der Waals surface area contributed by atoms with Gasteiger partial charge >= 0.3 is 5.97 Å². The van der Waals surface area contributed by atoms with E-state index in [2.05, 4.69) is 33.8 Å². The van der Waals surface area contributed by atoms with Crippen molar-refractivity contribution in [1.82, 2.24) is 0 Å². The van der Waals surface area contributed by atoms with Gasteiger partial charge in [-0.15, -0.1) is 0 Å². The van der Waals surface area contributed by atoms with E-state index in [1.54, 1.807) is 0 Å². The summed E-state index contributed by atoms with van der Waals surface area (Å²) >= 11 is 0. The van der Waals surface area contributed by atoms with Gasteiger partial charge in [0.15, 0.2) is 0 Å². The van der Waals surface area contributed by atoms with Crippen molar-refractivity contribution in [2.45, 2.75) is 111 Å². The van der Waals surface area contributed by atoms with E-state index in [-0.39, 0.29) is 46.0 Å². The smallest absolute Gasteiger partial charge is 0.306 e. The highest BCUT2D eigenvalue weighted by molar-refractivity contribution is 5.70. The number of fused-ring (bicyclic) bond motifs is 5. The molecule has 0 heterocycles. The molecule has 0 radical (unpaired) electrons. The van der Waals surface area contributed by atoms with Crippen LogP contribution < -0.4 is 0 Å². The van der Waals surface area contributed by atoms with E-state index in [1.165, 1.54) is 5.57 Å². The summed E-state index contributed by atoms with van der Waals surface area (Å²) in [7, 11) is 0. The van der Waals surface area contributed by atoms with Gasteiger partial charge in [-0.2, -0.15) is 0 Å². The van der Waals surface area contributed by atoms with E-state index in [0.29, 0.717) is 31.6 Å². The van der Waals surface area contributed by atoms with Gasteiger partial charge in [-0.1, -0.05) is 39.3 Å². The molecule has 0 amide bonds. The molecule has 0 aromatic heterocycles. The number of rotatable bonds is 5. The van der Waals surface area contributed by atoms with Crippen LogP contribution in [0.5, 0.6) is 0 Å². The summed E-state index contributed by atoms with van der Waals surface area (Å²) in [5.41, 5.74) is 0.763. The Labute approximate surface area is 206 Å². The van der Waals surface area contributed by atoms with Crippen molar-refractivity contribution in [3.05, 3.63) is 11.6 Å². The molecule has 12 unspecified atom stereocenters. The Morgan fingerprint density at radius 3 is 2.26 bits per heavy atom. The molecular weight excluding hydrogens is 428 g/mol. The first-order valence-electron chi connectivity index (χ1n) is 13.7. The van der Waals surface area contributed by atoms with Crippen LogP contribution in [-0.2, 0) is 4.79 Å². The molecule has 4 saturated carbocycles. The predicted octanol–water partition coefficient (Wildman–Crippen LogP) is 5.03. The zero-order valence-corrected chi connectivity index (χ0v) is 22.1. The van der Waals surface area contributed by atoms with Crippen LogP contribution in [0.25, 0.3) is 0 Å². The van der Waals surface area contributed by atoms with Gasteiger partial charge in [0.25, 0.3) is 0 Å².